The van der Waals surface area contributed by atoms with Crippen LogP contribution in [0.15, 0.2) is 72.8 Å². The third kappa shape index (κ3) is 5.84. The zero-order chi connectivity index (χ0) is 24.1. The average molecular weight is 445 g/mol. The summed E-state index contributed by atoms with van der Waals surface area (Å²) in [6.07, 6.45) is 3.38. The molecule has 0 fully saturated rings. The van der Waals surface area contributed by atoms with Crippen molar-refractivity contribution in [3.8, 4) is 16.9 Å². The Morgan fingerprint density at radius 2 is 1.42 bits per heavy atom. The number of ether oxygens (including phenoxy) is 1. The summed E-state index contributed by atoms with van der Waals surface area (Å²) in [5, 5.41) is 9.27. The second-order valence-electron chi connectivity index (χ2n) is 9.99. The predicted octanol–water partition coefficient (Wildman–Crippen LogP) is 8.59. The molecular weight excluding hydrogens is 408 g/mol. The van der Waals surface area contributed by atoms with Crippen LogP contribution in [0, 0.1) is 0 Å². The molecule has 33 heavy (non-hydrogen) atoms. The second kappa shape index (κ2) is 10.2. The van der Waals surface area contributed by atoms with Crippen LogP contribution in [0.3, 0.4) is 0 Å². The van der Waals surface area contributed by atoms with Crippen molar-refractivity contribution in [2.45, 2.75) is 71.1 Å². The molecule has 0 amide bonds. The maximum absolute atomic E-state index is 11.3. The van der Waals surface area contributed by atoms with Gasteiger partial charge in [-0.25, -0.2) is 4.79 Å². The molecule has 174 valence electrons. The fraction of sp³-hybridized carbons (Fsp3) is 0.367. The standard InChI is InChI=1S/C30H36O3/c1-6-7-11-20-29(2,3)25-18-19-27(33-28(31)32)26(21-25)22-14-16-24(17-15-22)30(4,5)23-12-9-8-10-13-23/h8-10,12-19,21H,6-7,11,20H2,1-5H3,(H,31,32). The van der Waals surface area contributed by atoms with Crippen LogP contribution in [0.1, 0.15) is 77.0 Å². The number of hydrogen-bond donors (Lipinski definition) is 1. The summed E-state index contributed by atoms with van der Waals surface area (Å²) < 4.78 is 5.15. The first kappa shape index (κ1) is 24.6. The summed E-state index contributed by atoms with van der Waals surface area (Å²) in [7, 11) is 0. The summed E-state index contributed by atoms with van der Waals surface area (Å²) in [4.78, 5) is 11.3. The molecule has 0 aliphatic carbocycles. The Labute approximate surface area is 198 Å². The van der Waals surface area contributed by atoms with Crippen LogP contribution in [-0.2, 0) is 10.8 Å². The van der Waals surface area contributed by atoms with E-state index in [1.165, 1.54) is 36.0 Å². The van der Waals surface area contributed by atoms with Crippen LogP contribution < -0.4 is 4.74 Å². The summed E-state index contributed by atoms with van der Waals surface area (Å²) in [6.45, 7) is 11.2. The predicted molar refractivity (Wildman–Crippen MR) is 136 cm³/mol. The van der Waals surface area contributed by atoms with Gasteiger partial charge in [-0.3, -0.25) is 0 Å². The SMILES string of the molecule is CCCCCC(C)(C)c1ccc(OC(=O)O)c(-c2ccc(C(C)(C)c3ccccc3)cc2)c1. The van der Waals surface area contributed by atoms with E-state index in [-0.39, 0.29) is 10.8 Å². The fourth-order valence-electron chi connectivity index (χ4n) is 4.41. The Balaban J connectivity index is 1.98. The van der Waals surface area contributed by atoms with Gasteiger partial charge in [-0.05, 0) is 46.2 Å². The first-order chi connectivity index (χ1) is 15.6. The molecule has 0 radical (unpaired) electrons. The molecule has 0 heterocycles. The number of unbranched alkanes of at least 4 members (excludes halogenated alkanes) is 2. The zero-order valence-electron chi connectivity index (χ0n) is 20.5. The number of benzene rings is 3. The van der Waals surface area contributed by atoms with E-state index in [2.05, 4.69) is 89.2 Å². The van der Waals surface area contributed by atoms with Crippen LogP contribution in [-0.4, -0.2) is 11.3 Å². The molecule has 1 N–H and O–H groups in total. The molecular formula is C30H36O3. The maximum atomic E-state index is 11.3. The summed E-state index contributed by atoms with van der Waals surface area (Å²) >= 11 is 0. The Bertz CT molecular complexity index is 1060. The molecule has 0 unspecified atom stereocenters. The second-order valence-corrected chi connectivity index (χ2v) is 9.99. The van der Waals surface area contributed by atoms with Crippen LogP contribution in [0.4, 0.5) is 4.79 Å². The van der Waals surface area contributed by atoms with Crippen molar-refractivity contribution in [3.63, 3.8) is 0 Å². The normalized spacial score (nSPS) is 11.9. The molecule has 0 aromatic heterocycles. The van der Waals surface area contributed by atoms with Crippen LogP contribution in [0.2, 0.25) is 0 Å². The minimum atomic E-state index is -1.30. The van der Waals surface area contributed by atoms with Crippen molar-refractivity contribution in [1.29, 1.82) is 0 Å². The van der Waals surface area contributed by atoms with Gasteiger partial charge in [0.1, 0.15) is 5.75 Å². The molecule has 0 atom stereocenters. The van der Waals surface area contributed by atoms with Gasteiger partial charge >= 0.3 is 6.16 Å². The summed E-state index contributed by atoms with van der Waals surface area (Å²) in [6, 6.07) is 24.7. The topological polar surface area (TPSA) is 46.5 Å². The highest BCUT2D eigenvalue weighted by molar-refractivity contribution is 5.75. The first-order valence-electron chi connectivity index (χ1n) is 11.9. The van der Waals surface area contributed by atoms with Crippen molar-refractivity contribution < 1.29 is 14.6 Å². The van der Waals surface area contributed by atoms with Gasteiger partial charge in [0.2, 0.25) is 0 Å². The van der Waals surface area contributed by atoms with Crippen LogP contribution in [0.25, 0.3) is 11.1 Å². The van der Waals surface area contributed by atoms with Crippen LogP contribution in [0.5, 0.6) is 5.75 Å². The number of carboxylic acid groups (broad SMARTS) is 1. The molecule has 0 spiro atoms. The van der Waals surface area contributed by atoms with Crippen molar-refractivity contribution >= 4 is 6.16 Å². The summed E-state index contributed by atoms with van der Waals surface area (Å²) in [5.41, 5.74) is 5.27. The van der Waals surface area contributed by atoms with Gasteiger partial charge in [-0.15, -0.1) is 0 Å². The Morgan fingerprint density at radius 3 is 2.03 bits per heavy atom. The van der Waals surface area contributed by atoms with E-state index < -0.39 is 6.16 Å². The van der Waals surface area contributed by atoms with Gasteiger partial charge < -0.3 is 9.84 Å². The molecule has 3 aromatic carbocycles. The Morgan fingerprint density at radius 1 is 0.818 bits per heavy atom. The number of hydrogen-bond acceptors (Lipinski definition) is 2. The number of rotatable bonds is 9. The lowest BCUT2D eigenvalue weighted by atomic mass is 9.77. The van der Waals surface area contributed by atoms with E-state index in [0.717, 1.165) is 17.5 Å². The minimum Gasteiger partial charge on any atom is -0.449 e. The lowest BCUT2D eigenvalue weighted by molar-refractivity contribution is 0.144. The third-order valence-corrected chi connectivity index (χ3v) is 6.78. The monoisotopic (exact) mass is 444 g/mol. The van der Waals surface area contributed by atoms with Crippen molar-refractivity contribution in [2.75, 3.05) is 0 Å². The molecule has 3 heteroatoms. The third-order valence-electron chi connectivity index (χ3n) is 6.78. The molecule has 0 saturated heterocycles. The molecule has 0 aliphatic heterocycles. The molecule has 3 nitrogen and oxygen atoms in total. The van der Waals surface area contributed by atoms with Gasteiger partial charge in [-0.2, -0.15) is 0 Å². The van der Waals surface area contributed by atoms with E-state index in [0.29, 0.717) is 5.75 Å². The summed E-state index contributed by atoms with van der Waals surface area (Å²) in [5.74, 6) is 0.366. The minimum absolute atomic E-state index is 0.000907. The van der Waals surface area contributed by atoms with Gasteiger partial charge in [0.25, 0.3) is 0 Å². The highest BCUT2D eigenvalue weighted by atomic mass is 16.7. The van der Waals surface area contributed by atoms with Crippen molar-refractivity contribution in [1.82, 2.24) is 0 Å². The van der Waals surface area contributed by atoms with E-state index >= 15 is 0 Å². The van der Waals surface area contributed by atoms with Gasteiger partial charge in [0, 0.05) is 11.0 Å². The van der Waals surface area contributed by atoms with Crippen molar-refractivity contribution in [3.05, 3.63) is 89.5 Å². The average Bonchev–Trinajstić information content (AvgIpc) is 2.79. The molecule has 3 rings (SSSR count). The van der Waals surface area contributed by atoms with E-state index in [1.54, 1.807) is 6.07 Å². The highest BCUT2D eigenvalue weighted by Gasteiger charge is 2.24. The van der Waals surface area contributed by atoms with Crippen molar-refractivity contribution in [2.24, 2.45) is 0 Å². The maximum Gasteiger partial charge on any atom is 0.511 e. The quantitative estimate of drug-likeness (QED) is 0.204. The van der Waals surface area contributed by atoms with Gasteiger partial charge in [0.15, 0.2) is 0 Å². The van der Waals surface area contributed by atoms with Gasteiger partial charge in [0.05, 0.1) is 0 Å². The first-order valence-corrected chi connectivity index (χ1v) is 11.9. The largest absolute Gasteiger partial charge is 0.511 e. The fourth-order valence-corrected chi connectivity index (χ4v) is 4.41. The zero-order valence-corrected chi connectivity index (χ0v) is 20.5. The molecule has 0 bridgehead atoms. The van der Waals surface area contributed by atoms with E-state index in [4.69, 9.17) is 4.74 Å². The molecule has 3 aromatic rings. The lowest BCUT2D eigenvalue weighted by Gasteiger charge is -2.27. The van der Waals surface area contributed by atoms with Gasteiger partial charge in [-0.1, -0.05) is 115 Å². The highest BCUT2D eigenvalue weighted by Crippen LogP contribution is 2.38. The number of carbonyl (C=O) groups is 1. The molecule has 0 aliphatic rings. The van der Waals surface area contributed by atoms with Crippen LogP contribution >= 0.6 is 0 Å². The lowest BCUT2D eigenvalue weighted by Crippen LogP contribution is -2.18. The van der Waals surface area contributed by atoms with E-state index in [1.807, 2.05) is 12.1 Å². The Kier molecular flexibility index (Phi) is 7.63. The van der Waals surface area contributed by atoms with E-state index in [9.17, 15) is 9.90 Å². The molecule has 0 saturated carbocycles. The Hall–Kier alpha value is -3.07. The smallest absolute Gasteiger partial charge is 0.449 e.